The number of nitrogens with zero attached hydrogens (tertiary/aromatic N) is 2. The van der Waals surface area contributed by atoms with Gasteiger partial charge in [-0.05, 0) is 29.3 Å². The van der Waals surface area contributed by atoms with Crippen LogP contribution in [0.4, 0.5) is 0 Å². The van der Waals surface area contributed by atoms with Crippen LogP contribution in [-0.2, 0) is 0 Å². The fourth-order valence-corrected chi connectivity index (χ4v) is 2.30. The Labute approximate surface area is 128 Å². The molecule has 0 spiro atoms. The molecule has 0 fully saturated rings. The summed E-state index contributed by atoms with van der Waals surface area (Å²) in [6.07, 6.45) is 5.14. The van der Waals surface area contributed by atoms with E-state index in [-0.39, 0.29) is 0 Å². The van der Waals surface area contributed by atoms with E-state index in [2.05, 4.69) is 22.7 Å². The molecule has 5 N–H and O–H groups in total. The minimum absolute atomic E-state index is 0.695. The molecule has 0 atom stereocenters. The van der Waals surface area contributed by atoms with Gasteiger partial charge in [-0.15, -0.1) is 0 Å². The van der Waals surface area contributed by atoms with E-state index in [1.165, 1.54) is 6.20 Å². The van der Waals surface area contributed by atoms with Crippen LogP contribution in [0.25, 0.3) is 22.5 Å². The number of benzene rings is 2. The van der Waals surface area contributed by atoms with Crippen molar-refractivity contribution in [1.29, 1.82) is 0 Å². The average Bonchev–Trinajstić information content (AvgIpc) is 3.11. The Balaban J connectivity index is 1.85. The molecule has 0 bridgehead atoms. The minimum atomic E-state index is 0.695. The van der Waals surface area contributed by atoms with Gasteiger partial charge in [-0.1, -0.05) is 36.4 Å². The molecule has 5 nitrogen and oxygen atoms in total. The number of hydrogen-bond acceptors (Lipinski definition) is 4. The molecule has 3 aromatic rings. The smallest absolute Gasteiger partial charge is 0.0713 e. The zero-order chi connectivity index (χ0) is 15.4. The quantitative estimate of drug-likeness (QED) is 0.508. The molecule has 0 aliphatic heterocycles. The summed E-state index contributed by atoms with van der Waals surface area (Å²) in [6.45, 7) is 0. The van der Waals surface area contributed by atoms with E-state index in [1.807, 2.05) is 53.3 Å². The summed E-state index contributed by atoms with van der Waals surface area (Å²) >= 11 is 0. The van der Waals surface area contributed by atoms with Crippen molar-refractivity contribution in [3.8, 4) is 16.8 Å². The summed E-state index contributed by atoms with van der Waals surface area (Å²) < 4.78 is 1.83. The molecule has 0 saturated heterocycles. The topological polar surface area (TPSA) is 81.9 Å². The molecular formula is C17H17N5. The number of nitrogens with one attached hydrogen (secondary N) is 1. The van der Waals surface area contributed by atoms with Crippen molar-refractivity contribution in [3.05, 3.63) is 78.8 Å². The van der Waals surface area contributed by atoms with Gasteiger partial charge in [0.05, 0.1) is 11.4 Å². The molecule has 3 rings (SSSR count). The van der Waals surface area contributed by atoms with E-state index >= 15 is 0 Å². The van der Waals surface area contributed by atoms with Crippen LogP contribution >= 0.6 is 0 Å². The van der Waals surface area contributed by atoms with E-state index in [0.717, 1.165) is 22.4 Å². The Bertz CT molecular complexity index is 756. The lowest BCUT2D eigenvalue weighted by molar-refractivity contribution is 0.881. The Morgan fingerprint density at radius 3 is 2.14 bits per heavy atom. The SMILES string of the molecule is N/C=C(\NN)c1ccc(-c2ccc(-n3cccn3)cc2)cc1. The lowest BCUT2D eigenvalue weighted by Crippen LogP contribution is -2.20. The van der Waals surface area contributed by atoms with Gasteiger partial charge in [0, 0.05) is 24.2 Å². The second kappa shape index (κ2) is 6.15. The highest BCUT2D eigenvalue weighted by atomic mass is 15.3. The first-order valence-electron chi connectivity index (χ1n) is 6.91. The number of hydrogen-bond donors (Lipinski definition) is 3. The average molecular weight is 291 g/mol. The predicted octanol–water partition coefficient (Wildman–Crippen LogP) is 2.26. The van der Waals surface area contributed by atoms with Gasteiger partial charge >= 0.3 is 0 Å². The lowest BCUT2D eigenvalue weighted by Gasteiger charge is -2.08. The van der Waals surface area contributed by atoms with Crippen molar-refractivity contribution in [1.82, 2.24) is 15.2 Å². The van der Waals surface area contributed by atoms with Crippen molar-refractivity contribution < 1.29 is 0 Å². The fourth-order valence-electron chi connectivity index (χ4n) is 2.30. The molecule has 2 aromatic carbocycles. The van der Waals surface area contributed by atoms with Crippen molar-refractivity contribution in [2.45, 2.75) is 0 Å². The highest BCUT2D eigenvalue weighted by molar-refractivity contribution is 5.69. The zero-order valence-electron chi connectivity index (χ0n) is 12.0. The summed E-state index contributed by atoms with van der Waals surface area (Å²) in [5, 5.41) is 4.22. The van der Waals surface area contributed by atoms with Gasteiger partial charge < -0.3 is 11.2 Å². The summed E-state index contributed by atoms with van der Waals surface area (Å²) in [5.41, 5.74) is 13.0. The van der Waals surface area contributed by atoms with Crippen LogP contribution in [0, 0.1) is 0 Å². The molecule has 0 radical (unpaired) electrons. The Morgan fingerprint density at radius 1 is 1.00 bits per heavy atom. The van der Waals surface area contributed by atoms with Crippen LogP contribution < -0.4 is 17.0 Å². The van der Waals surface area contributed by atoms with Crippen LogP contribution in [0.2, 0.25) is 0 Å². The molecule has 1 heterocycles. The van der Waals surface area contributed by atoms with E-state index in [9.17, 15) is 0 Å². The Hall–Kier alpha value is -3.05. The summed E-state index contributed by atoms with van der Waals surface area (Å²) in [4.78, 5) is 0. The number of hydrazine groups is 1. The number of rotatable bonds is 4. The van der Waals surface area contributed by atoms with Gasteiger partial charge in [-0.3, -0.25) is 5.84 Å². The molecule has 0 saturated carbocycles. The maximum Gasteiger partial charge on any atom is 0.0713 e. The van der Waals surface area contributed by atoms with Crippen LogP contribution in [0.15, 0.2) is 73.2 Å². The first kappa shape index (κ1) is 13.9. The molecule has 0 amide bonds. The molecule has 0 aliphatic rings. The van der Waals surface area contributed by atoms with Gasteiger partial charge in [0.1, 0.15) is 0 Å². The number of aromatic nitrogens is 2. The molecule has 5 heteroatoms. The normalized spacial score (nSPS) is 11.4. The molecule has 22 heavy (non-hydrogen) atoms. The maximum atomic E-state index is 5.51. The fraction of sp³-hybridized carbons (Fsp3) is 0. The molecular weight excluding hydrogens is 274 g/mol. The van der Waals surface area contributed by atoms with Gasteiger partial charge in [-0.2, -0.15) is 5.10 Å². The second-order valence-corrected chi connectivity index (χ2v) is 4.80. The highest BCUT2D eigenvalue weighted by Crippen LogP contribution is 2.22. The first-order chi connectivity index (χ1) is 10.8. The standard InChI is InChI=1S/C17H17N5/c18-12-17(21-19)15-4-2-13(3-5-15)14-6-8-16(9-7-14)22-11-1-10-20-22/h1-12,21H,18-19H2/b17-12-. The monoisotopic (exact) mass is 291 g/mol. The Kier molecular flexibility index (Phi) is 3.89. The predicted molar refractivity (Wildman–Crippen MR) is 88.5 cm³/mol. The zero-order valence-corrected chi connectivity index (χ0v) is 12.0. The summed E-state index contributed by atoms with van der Waals surface area (Å²) in [7, 11) is 0. The third-order valence-corrected chi connectivity index (χ3v) is 3.49. The Morgan fingerprint density at radius 2 is 1.64 bits per heavy atom. The van der Waals surface area contributed by atoms with E-state index in [4.69, 9.17) is 11.6 Å². The molecule has 110 valence electrons. The van der Waals surface area contributed by atoms with Crippen molar-refractivity contribution >= 4 is 5.70 Å². The summed E-state index contributed by atoms with van der Waals surface area (Å²) in [6, 6.07) is 18.2. The minimum Gasteiger partial charge on any atom is -0.403 e. The van der Waals surface area contributed by atoms with Crippen LogP contribution in [0.1, 0.15) is 5.56 Å². The van der Waals surface area contributed by atoms with Crippen LogP contribution in [-0.4, -0.2) is 9.78 Å². The van der Waals surface area contributed by atoms with Crippen molar-refractivity contribution in [2.75, 3.05) is 0 Å². The second-order valence-electron chi connectivity index (χ2n) is 4.80. The first-order valence-corrected chi connectivity index (χ1v) is 6.91. The van der Waals surface area contributed by atoms with Gasteiger partial charge in [0.25, 0.3) is 0 Å². The summed E-state index contributed by atoms with van der Waals surface area (Å²) in [5.74, 6) is 5.42. The third-order valence-electron chi connectivity index (χ3n) is 3.49. The van der Waals surface area contributed by atoms with Crippen molar-refractivity contribution in [3.63, 3.8) is 0 Å². The van der Waals surface area contributed by atoms with E-state index < -0.39 is 0 Å². The van der Waals surface area contributed by atoms with Crippen LogP contribution in [0.3, 0.4) is 0 Å². The third kappa shape index (κ3) is 2.70. The number of nitrogens with two attached hydrogens (primary N) is 2. The van der Waals surface area contributed by atoms with Gasteiger partial charge in [0.2, 0.25) is 0 Å². The molecule has 0 aliphatic carbocycles. The van der Waals surface area contributed by atoms with Gasteiger partial charge in [0.15, 0.2) is 0 Å². The maximum absolute atomic E-state index is 5.51. The largest absolute Gasteiger partial charge is 0.403 e. The van der Waals surface area contributed by atoms with E-state index in [1.54, 1.807) is 6.20 Å². The van der Waals surface area contributed by atoms with Crippen molar-refractivity contribution in [2.24, 2.45) is 11.6 Å². The lowest BCUT2D eigenvalue weighted by atomic mass is 10.0. The van der Waals surface area contributed by atoms with Gasteiger partial charge in [-0.25, -0.2) is 4.68 Å². The molecule has 0 unspecified atom stereocenters. The van der Waals surface area contributed by atoms with Crippen LogP contribution in [0.5, 0.6) is 0 Å². The highest BCUT2D eigenvalue weighted by Gasteiger charge is 2.02. The molecule has 1 aromatic heterocycles. The van der Waals surface area contributed by atoms with E-state index in [0.29, 0.717) is 5.70 Å².